The monoisotopic (exact) mass is 1470 g/mol. The quantitative estimate of drug-likeness (QED) is 0.0169. The van der Waals surface area contributed by atoms with E-state index in [9.17, 15) is 43.2 Å². The summed E-state index contributed by atoms with van der Waals surface area (Å²) in [4.78, 5) is 72.9. The second-order valence-corrected chi connectivity index (χ2v) is 28.5. The Labute approximate surface area is 617 Å². The van der Waals surface area contributed by atoms with Gasteiger partial charge in [-0.2, -0.15) is 0 Å². The molecule has 0 fully saturated rings. The maximum Gasteiger partial charge on any atom is 0.472 e. The third-order valence-electron chi connectivity index (χ3n) is 15.8. The summed E-state index contributed by atoms with van der Waals surface area (Å²) >= 11 is 0. The molecule has 5 unspecified atom stereocenters. The van der Waals surface area contributed by atoms with Gasteiger partial charge in [0.05, 0.1) is 32.8 Å². The fraction of sp³-hybridized carbons (Fsp3) is 0.663. The zero-order valence-corrected chi connectivity index (χ0v) is 65.3. The van der Waals surface area contributed by atoms with Gasteiger partial charge in [0.25, 0.3) is 0 Å². The molecule has 0 radical (unpaired) electrons. The summed E-state index contributed by atoms with van der Waals surface area (Å²) in [5.74, 6) is -2.37. The zero-order chi connectivity index (χ0) is 74.6. The third-order valence-corrected chi connectivity index (χ3v) is 17.7. The van der Waals surface area contributed by atoms with Crippen molar-refractivity contribution in [2.45, 2.75) is 316 Å². The molecule has 0 aromatic rings. The van der Waals surface area contributed by atoms with Crippen LogP contribution < -0.4 is 0 Å². The Kier molecular flexibility index (Phi) is 70.5. The van der Waals surface area contributed by atoms with Gasteiger partial charge in [-0.1, -0.05) is 270 Å². The van der Waals surface area contributed by atoms with E-state index >= 15 is 0 Å². The van der Waals surface area contributed by atoms with Crippen molar-refractivity contribution in [3.8, 4) is 0 Å². The number of aliphatic hydroxyl groups excluding tert-OH is 1. The van der Waals surface area contributed by atoms with Crippen molar-refractivity contribution in [3.05, 3.63) is 146 Å². The summed E-state index contributed by atoms with van der Waals surface area (Å²) in [7, 11) is -10.0. The minimum absolute atomic E-state index is 0.0701. The lowest BCUT2D eigenvalue weighted by Gasteiger charge is -2.21. The van der Waals surface area contributed by atoms with Gasteiger partial charge in [0, 0.05) is 19.3 Å². The average Bonchev–Trinajstić information content (AvgIpc) is 0.919. The Balaban J connectivity index is 5.46. The molecule has 0 spiro atoms. The van der Waals surface area contributed by atoms with Crippen molar-refractivity contribution in [1.82, 2.24) is 0 Å². The van der Waals surface area contributed by atoms with Crippen molar-refractivity contribution in [3.63, 3.8) is 0 Å². The van der Waals surface area contributed by atoms with Crippen molar-refractivity contribution in [2.75, 3.05) is 39.6 Å². The molecule has 0 saturated carbocycles. The number of phosphoric acid groups is 2. The van der Waals surface area contributed by atoms with E-state index in [1.807, 2.05) is 12.2 Å². The predicted octanol–water partition coefficient (Wildman–Crippen LogP) is 22.7. The van der Waals surface area contributed by atoms with Gasteiger partial charge in [-0.15, -0.1) is 0 Å². The number of hydrogen-bond acceptors (Lipinski definition) is 15. The van der Waals surface area contributed by atoms with Crippen LogP contribution >= 0.6 is 15.6 Å². The molecule has 19 heteroatoms. The lowest BCUT2D eigenvalue weighted by Crippen LogP contribution is -2.30. The molecule has 0 aliphatic carbocycles. The first-order chi connectivity index (χ1) is 49.7. The van der Waals surface area contributed by atoms with Gasteiger partial charge in [0.1, 0.15) is 19.3 Å². The molecule has 0 aliphatic heterocycles. The van der Waals surface area contributed by atoms with Crippen LogP contribution in [0.3, 0.4) is 0 Å². The molecule has 17 nitrogen and oxygen atoms in total. The van der Waals surface area contributed by atoms with Crippen LogP contribution in [0.25, 0.3) is 0 Å². The Hall–Kier alpha value is -5.06. The fourth-order valence-corrected chi connectivity index (χ4v) is 11.5. The minimum Gasteiger partial charge on any atom is -0.462 e. The molecule has 3 N–H and O–H groups in total. The number of hydrogen-bond donors (Lipinski definition) is 3. The Morgan fingerprint density at radius 2 is 0.549 bits per heavy atom. The molecule has 0 bridgehead atoms. The molecule has 0 aliphatic rings. The van der Waals surface area contributed by atoms with Crippen LogP contribution in [0.4, 0.5) is 0 Å². The van der Waals surface area contributed by atoms with Gasteiger partial charge in [0.15, 0.2) is 12.2 Å². The second kappa shape index (κ2) is 74.2. The van der Waals surface area contributed by atoms with Crippen molar-refractivity contribution >= 4 is 39.5 Å². The number of esters is 4. The van der Waals surface area contributed by atoms with Crippen molar-refractivity contribution < 1.29 is 80.2 Å². The summed E-state index contributed by atoms with van der Waals surface area (Å²) in [6.07, 6.45) is 84.3. The van der Waals surface area contributed by atoms with E-state index in [1.54, 1.807) is 12.2 Å². The van der Waals surface area contributed by atoms with Gasteiger partial charge in [-0.25, -0.2) is 9.13 Å². The molecule has 0 aromatic heterocycles. The lowest BCUT2D eigenvalue weighted by molar-refractivity contribution is -0.161. The number of rotatable bonds is 72. The predicted molar refractivity (Wildman–Crippen MR) is 417 cm³/mol. The number of aliphatic hydroxyl groups is 1. The Morgan fingerprint density at radius 3 is 0.873 bits per heavy atom. The van der Waals surface area contributed by atoms with Crippen LogP contribution in [0, 0.1) is 0 Å². The molecule has 0 heterocycles. The minimum atomic E-state index is -5.01. The second-order valence-electron chi connectivity index (χ2n) is 25.5. The highest BCUT2D eigenvalue weighted by Gasteiger charge is 2.30. The zero-order valence-electron chi connectivity index (χ0n) is 63.5. The number of ether oxygens (including phenoxy) is 4. The van der Waals surface area contributed by atoms with Crippen molar-refractivity contribution in [1.29, 1.82) is 0 Å². The molecular weight excluding hydrogens is 1330 g/mol. The van der Waals surface area contributed by atoms with Gasteiger partial charge < -0.3 is 33.8 Å². The third kappa shape index (κ3) is 73.3. The maximum absolute atomic E-state index is 13.1. The topological polar surface area (TPSA) is 237 Å². The highest BCUT2D eigenvalue weighted by molar-refractivity contribution is 7.47. The number of phosphoric ester groups is 2. The summed E-state index contributed by atoms with van der Waals surface area (Å²) in [5, 5.41) is 10.6. The highest BCUT2D eigenvalue weighted by atomic mass is 31.2. The van der Waals surface area contributed by atoms with E-state index in [2.05, 4.69) is 149 Å². The van der Waals surface area contributed by atoms with Crippen molar-refractivity contribution in [2.24, 2.45) is 0 Å². The summed E-state index contributed by atoms with van der Waals surface area (Å²) in [6, 6.07) is 0. The molecular formula is C83H138O17P2. The van der Waals surface area contributed by atoms with Gasteiger partial charge in [0.2, 0.25) is 0 Å². The van der Waals surface area contributed by atoms with E-state index in [-0.39, 0.29) is 25.7 Å². The number of carbonyl (C=O) groups is 4. The average molecular weight is 1470 g/mol. The van der Waals surface area contributed by atoms with Crippen LogP contribution in [0.2, 0.25) is 0 Å². The largest absolute Gasteiger partial charge is 0.472 e. The Morgan fingerprint density at radius 1 is 0.294 bits per heavy atom. The molecule has 102 heavy (non-hydrogen) atoms. The smallest absolute Gasteiger partial charge is 0.462 e. The van der Waals surface area contributed by atoms with Gasteiger partial charge in [-0.3, -0.25) is 37.3 Å². The van der Waals surface area contributed by atoms with Crippen LogP contribution in [-0.4, -0.2) is 96.7 Å². The van der Waals surface area contributed by atoms with E-state index < -0.39 is 97.5 Å². The molecule has 0 saturated heterocycles. The van der Waals surface area contributed by atoms with Crippen LogP contribution in [-0.2, 0) is 65.4 Å². The van der Waals surface area contributed by atoms with E-state index in [4.69, 9.17) is 37.0 Å². The number of allylic oxidation sites excluding steroid dienone is 23. The molecule has 0 amide bonds. The summed E-state index contributed by atoms with van der Waals surface area (Å²) in [6.45, 7) is 4.44. The fourth-order valence-electron chi connectivity index (χ4n) is 9.90. The summed E-state index contributed by atoms with van der Waals surface area (Å²) < 4.78 is 68.4. The van der Waals surface area contributed by atoms with E-state index in [1.165, 1.54) is 38.5 Å². The van der Waals surface area contributed by atoms with Crippen LogP contribution in [0.15, 0.2) is 146 Å². The number of carbonyl (C=O) groups excluding carboxylic acids is 4. The number of unbranched alkanes of at least 4 members (excludes halogenated alkanes) is 23. The molecule has 5 atom stereocenters. The SMILES string of the molecule is CC/C=C\C/C=C\C/C=C\C/C=C\C/C=C\CC(=O)OC(COC(=O)CCCCCCCCC/C=C\C/C=C\C/C=C\CC)COP(=O)(O)OCC(O)COP(=O)(O)OCC(COC(=O)CCCCCCC/C=C\C/C=C\CCCCC)OC(=O)CCCCCCC/C=C\C/C=C\CCCCC. The molecule has 582 valence electrons. The summed E-state index contributed by atoms with van der Waals surface area (Å²) in [5.41, 5.74) is 0. The van der Waals surface area contributed by atoms with Gasteiger partial charge in [-0.05, 0) is 148 Å². The van der Waals surface area contributed by atoms with E-state index in [0.29, 0.717) is 25.7 Å². The van der Waals surface area contributed by atoms with Gasteiger partial charge >= 0.3 is 39.5 Å². The Bertz CT molecular complexity index is 2510. The first-order valence-electron chi connectivity index (χ1n) is 39.1. The standard InChI is InChI=1S/C83H138O17P2/c1-5-9-13-17-21-25-29-33-37-38-42-44-48-52-56-60-64-68-81(86)94-74-79(100-83(88)70-66-62-58-54-50-46-41-36-32-28-24-20-16-12-8-4)76-98-102(91,92)96-72-77(84)71-95-101(89,90)97-75-78(99-82(87)69-65-61-57-53-49-45-40-35-31-27-23-19-15-11-7-3)73-93-80(85)67-63-59-55-51-47-43-39-34-30-26-22-18-14-10-6-2/h9,12-13,16,21-28,33-37,39-41,50,54,62,66,77-79,84H,5-8,10-11,14-15,17-20,29-32,38,42-49,51-53,55-61,63-65,67-76H2,1-4H3,(H,89,90)(H,91,92)/b13-9-,16-12-,25-21-,26-22-,27-23-,28-24-,37-33-,39-34-,40-35-,41-36-,54-50-,66-62-. The maximum atomic E-state index is 13.1. The molecule has 0 rings (SSSR count). The van der Waals surface area contributed by atoms with Crippen LogP contribution in [0.5, 0.6) is 0 Å². The highest BCUT2D eigenvalue weighted by Crippen LogP contribution is 2.45. The first-order valence-corrected chi connectivity index (χ1v) is 42.1. The normalized spacial score (nSPS) is 14.7. The van der Waals surface area contributed by atoms with Crippen LogP contribution in [0.1, 0.15) is 297 Å². The lowest BCUT2D eigenvalue weighted by atomic mass is 10.1. The molecule has 0 aromatic carbocycles. The first kappa shape index (κ1) is 96.9. The van der Waals surface area contributed by atoms with E-state index in [0.717, 1.165) is 180 Å².